The van der Waals surface area contributed by atoms with Crippen molar-refractivity contribution in [2.24, 2.45) is 0 Å². The molecule has 0 spiro atoms. The molecular formula is C9H18O3. The molecule has 0 aromatic heterocycles. The molecule has 1 unspecified atom stereocenters. The normalized spacial score (nSPS) is 22.8. The van der Waals surface area contributed by atoms with E-state index in [9.17, 15) is 0 Å². The summed E-state index contributed by atoms with van der Waals surface area (Å²) >= 11 is 0. The van der Waals surface area contributed by atoms with Crippen molar-refractivity contribution in [2.45, 2.75) is 32.5 Å². The number of epoxide rings is 1. The fourth-order valence-corrected chi connectivity index (χ4v) is 0.786. The van der Waals surface area contributed by atoms with Crippen LogP contribution in [0.2, 0.25) is 0 Å². The smallest absolute Gasteiger partial charge is 0.104 e. The summed E-state index contributed by atoms with van der Waals surface area (Å²) < 4.78 is 15.8. The van der Waals surface area contributed by atoms with Gasteiger partial charge in [0, 0.05) is 0 Å². The Morgan fingerprint density at radius 3 is 2.50 bits per heavy atom. The summed E-state index contributed by atoms with van der Waals surface area (Å²) in [6, 6.07) is 0. The molecule has 0 aromatic carbocycles. The summed E-state index contributed by atoms with van der Waals surface area (Å²) in [5.74, 6) is 0. The third-order valence-corrected chi connectivity index (χ3v) is 1.47. The van der Waals surface area contributed by atoms with Crippen molar-refractivity contribution in [1.29, 1.82) is 0 Å². The highest BCUT2D eigenvalue weighted by molar-refractivity contribution is 4.67. The Morgan fingerprint density at radius 2 is 2.00 bits per heavy atom. The third-order valence-electron chi connectivity index (χ3n) is 1.47. The van der Waals surface area contributed by atoms with Gasteiger partial charge in [0.1, 0.15) is 6.10 Å². The van der Waals surface area contributed by atoms with Crippen molar-refractivity contribution < 1.29 is 14.2 Å². The van der Waals surface area contributed by atoms with Gasteiger partial charge >= 0.3 is 0 Å². The summed E-state index contributed by atoms with van der Waals surface area (Å²) in [5.41, 5.74) is -0.0561. The number of hydrogen-bond acceptors (Lipinski definition) is 3. The van der Waals surface area contributed by atoms with Crippen molar-refractivity contribution in [2.75, 3.05) is 26.4 Å². The fourth-order valence-electron chi connectivity index (χ4n) is 0.786. The quantitative estimate of drug-likeness (QED) is 0.464. The van der Waals surface area contributed by atoms with E-state index in [1.807, 2.05) is 20.8 Å². The Hall–Kier alpha value is -0.120. The lowest BCUT2D eigenvalue weighted by Crippen LogP contribution is -2.22. The highest BCUT2D eigenvalue weighted by atomic mass is 16.6. The summed E-state index contributed by atoms with van der Waals surface area (Å²) in [6.45, 7) is 9.02. The van der Waals surface area contributed by atoms with Gasteiger partial charge in [0.15, 0.2) is 0 Å². The Balaban J connectivity index is 1.82. The highest BCUT2D eigenvalue weighted by Gasteiger charge is 2.22. The molecule has 12 heavy (non-hydrogen) atoms. The standard InChI is InChI=1S/C9H18O3/c1-9(2,3)12-5-4-10-6-8-7-11-8/h8H,4-7H2,1-3H3. The van der Waals surface area contributed by atoms with Crippen molar-refractivity contribution in [3.05, 3.63) is 0 Å². The minimum absolute atomic E-state index is 0.0561. The Kier molecular flexibility index (Phi) is 3.50. The minimum atomic E-state index is -0.0561. The Morgan fingerprint density at radius 1 is 1.33 bits per heavy atom. The molecule has 1 rings (SSSR count). The van der Waals surface area contributed by atoms with Gasteiger partial charge in [-0.15, -0.1) is 0 Å². The van der Waals surface area contributed by atoms with Crippen LogP contribution in [0.15, 0.2) is 0 Å². The SMILES string of the molecule is CC(C)(C)OCCOCC1CO1. The summed E-state index contributed by atoms with van der Waals surface area (Å²) in [4.78, 5) is 0. The van der Waals surface area contributed by atoms with Crippen LogP contribution in [-0.2, 0) is 14.2 Å². The minimum Gasteiger partial charge on any atom is -0.376 e. The molecule has 1 heterocycles. The summed E-state index contributed by atoms with van der Waals surface area (Å²) in [7, 11) is 0. The van der Waals surface area contributed by atoms with Gasteiger partial charge in [0.05, 0.1) is 32.0 Å². The van der Waals surface area contributed by atoms with Crippen molar-refractivity contribution in [3.63, 3.8) is 0 Å². The van der Waals surface area contributed by atoms with Gasteiger partial charge in [-0.3, -0.25) is 0 Å². The first-order valence-electron chi connectivity index (χ1n) is 4.41. The van der Waals surface area contributed by atoms with Gasteiger partial charge < -0.3 is 14.2 Å². The van der Waals surface area contributed by atoms with Gasteiger partial charge in [-0.2, -0.15) is 0 Å². The summed E-state index contributed by atoms with van der Waals surface area (Å²) in [6.07, 6.45) is 0.361. The van der Waals surface area contributed by atoms with Crippen LogP contribution in [0.5, 0.6) is 0 Å². The largest absolute Gasteiger partial charge is 0.376 e. The van der Waals surface area contributed by atoms with E-state index in [2.05, 4.69) is 0 Å². The molecule has 1 aliphatic rings. The first kappa shape index (κ1) is 9.96. The van der Waals surface area contributed by atoms with Crippen LogP contribution in [0.25, 0.3) is 0 Å². The molecule has 0 aromatic rings. The number of hydrogen-bond donors (Lipinski definition) is 0. The Labute approximate surface area is 74.0 Å². The lowest BCUT2D eigenvalue weighted by Gasteiger charge is -2.19. The van der Waals surface area contributed by atoms with E-state index >= 15 is 0 Å². The lowest BCUT2D eigenvalue weighted by molar-refractivity contribution is -0.0363. The van der Waals surface area contributed by atoms with Gasteiger partial charge in [-0.1, -0.05) is 0 Å². The van der Waals surface area contributed by atoms with E-state index in [1.54, 1.807) is 0 Å². The first-order valence-corrected chi connectivity index (χ1v) is 4.41. The van der Waals surface area contributed by atoms with Gasteiger partial charge in [0.2, 0.25) is 0 Å². The molecule has 0 saturated carbocycles. The van der Waals surface area contributed by atoms with E-state index in [0.717, 1.165) is 6.61 Å². The average molecular weight is 174 g/mol. The van der Waals surface area contributed by atoms with Gasteiger partial charge in [-0.25, -0.2) is 0 Å². The molecule has 1 atom stereocenters. The highest BCUT2D eigenvalue weighted by Crippen LogP contribution is 2.09. The zero-order valence-electron chi connectivity index (χ0n) is 8.13. The van der Waals surface area contributed by atoms with Gasteiger partial charge in [-0.05, 0) is 20.8 Å². The topological polar surface area (TPSA) is 31.0 Å². The molecule has 0 aliphatic carbocycles. The van der Waals surface area contributed by atoms with Crippen LogP contribution in [0.3, 0.4) is 0 Å². The molecular weight excluding hydrogens is 156 g/mol. The van der Waals surface area contributed by atoms with Crippen LogP contribution < -0.4 is 0 Å². The second kappa shape index (κ2) is 4.21. The molecule has 0 bridgehead atoms. The third kappa shape index (κ3) is 5.52. The number of ether oxygens (including phenoxy) is 3. The molecule has 1 saturated heterocycles. The predicted octanol–water partition coefficient (Wildman–Crippen LogP) is 1.22. The van der Waals surface area contributed by atoms with Crippen LogP contribution in [0.1, 0.15) is 20.8 Å². The van der Waals surface area contributed by atoms with E-state index in [4.69, 9.17) is 14.2 Å². The predicted molar refractivity (Wildman–Crippen MR) is 46.3 cm³/mol. The van der Waals surface area contributed by atoms with Crippen LogP contribution in [0, 0.1) is 0 Å². The fraction of sp³-hybridized carbons (Fsp3) is 1.00. The molecule has 0 N–H and O–H groups in total. The molecule has 1 fully saturated rings. The zero-order valence-corrected chi connectivity index (χ0v) is 8.13. The second-order valence-electron chi connectivity index (χ2n) is 3.99. The van der Waals surface area contributed by atoms with Crippen molar-refractivity contribution in [1.82, 2.24) is 0 Å². The van der Waals surface area contributed by atoms with Gasteiger partial charge in [0.25, 0.3) is 0 Å². The van der Waals surface area contributed by atoms with E-state index in [-0.39, 0.29) is 5.60 Å². The maximum Gasteiger partial charge on any atom is 0.104 e. The monoisotopic (exact) mass is 174 g/mol. The van der Waals surface area contributed by atoms with Crippen molar-refractivity contribution >= 4 is 0 Å². The zero-order chi connectivity index (χ0) is 9.03. The lowest BCUT2D eigenvalue weighted by atomic mass is 10.2. The van der Waals surface area contributed by atoms with Crippen LogP contribution in [0.4, 0.5) is 0 Å². The van der Waals surface area contributed by atoms with E-state index in [0.29, 0.717) is 25.9 Å². The van der Waals surface area contributed by atoms with E-state index in [1.165, 1.54) is 0 Å². The molecule has 3 heteroatoms. The maximum absolute atomic E-state index is 5.47. The van der Waals surface area contributed by atoms with E-state index < -0.39 is 0 Å². The number of rotatable bonds is 5. The molecule has 1 aliphatic heterocycles. The molecule has 3 nitrogen and oxygen atoms in total. The second-order valence-corrected chi connectivity index (χ2v) is 3.99. The molecule has 72 valence electrons. The van der Waals surface area contributed by atoms with Crippen LogP contribution in [-0.4, -0.2) is 38.1 Å². The van der Waals surface area contributed by atoms with Crippen LogP contribution >= 0.6 is 0 Å². The average Bonchev–Trinajstić information content (AvgIpc) is 2.68. The molecule has 0 amide bonds. The first-order chi connectivity index (χ1) is 5.58. The summed E-state index contributed by atoms with van der Waals surface area (Å²) in [5, 5.41) is 0. The van der Waals surface area contributed by atoms with Crippen molar-refractivity contribution in [3.8, 4) is 0 Å². The molecule has 0 radical (unpaired) electrons. The maximum atomic E-state index is 5.47. The Bertz CT molecular complexity index is 124.